The van der Waals surface area contributed by atoms with Crippen molar-refractivity contribution in [1.29, 1.82) is 0 Å². The first kappa shape index (κ1) is 36.6. The lowest BCUT2D eigenvalue weighted by atomic mass is 9.76. The standard InChI is InChI=1S/C38H42Cl2N8O5/c1-53-32-12-9-25(33-42-44-45-43-33)22-28(32)34(49)47-21-14-37(24-47,27-10-11-29(39)30(40)23-27)13-18-46-19-15-38(16-20-46,26-6-3-2-4-7-26)41-36(52)48-17-5-8-31(48)35(50)51/h2-4,6-7,9-12,22-23,31H,5,8,13-21,24H2,1H3,(H,41,52)(H,50,51)(H,42,43,44,45). The molecule has 3 N–H and O–H groups in total. The van der Waals surface area contributed by atoms with E-state index in [-0.39, 0.29) is 11.9 Å². The van der Waals surface area contributed by atoms with Crippen molar-refractivity contribution in [3.8, 4) is 17.1 Å². The Balaban J connectivity index is 1.09. The van der Waals surface area contributed by atoms with E-state index in [0.29, 0.717) is 78.1 Å². The van der Waals surface area contributed by atoms with E-state index in [9.17, 15) is 19.5 Å². The van der Waals surface area contributed by atoms with Crippen LogP contribution in [0.2, 0.25) is 10.0 Å². The molecule has 1 aromatic heterocycles. The molecule has 4 heterocycles. The number of aliphatic carboxylic acids is 1. The number of aromatic nitrogens is 4. The minimum absolute atomic E-state index is 0.154. The van der Waals surface area contributed by atoms with Gasteiger partial charge >= 0.3 is 12.0 Å². The number of carboxylic acid groups (broad SMARTS) is 1. The number of hydrogen-bond acceptors (Lipinski definition) is 8. The van der Waals surface area contributed by atoms with Crippen molar-refractivity contribution in [2.24, 2.45) is 0 Å². The van der Waals surface area contributed by atoms with Gasteiger partial charge in [-0.05, 0) is 91.7 Å². The summed E-state index contributed by atoms with van der Waals surface area (Å²) in [6.45, 7) is 3.62. The quantitative estimate of drug-likeness (QED) is 0.187. The minimum atomic E-state index is -0.971. The van der Waals surface area contributed by atoms with Crippen LogP contribution in [0.1, 0.15) is 60.0 Å². The summed E-state index contributed by atoms with van der Waals surface area (Å²) in [4.78, 5) is 45.4. The number of methoxy groups -OCH3 is 1. The molecule has 3 aliphatic heterocycles. The number of hydrogen-bond donors (Lipinski definition) is 3. The van der Waals surface area contributed by atoms with E-state index >= 15 is 0 Å². The maximum atomic E-state index is 14.2. The second-order valence-corrected chi connectivity index (χ2v) is 15.0. The van der Waals surface area contributed by atoms with Gasteiger partial charge in [0.05, 0.1) is 28.3 Å². The number of nitrogens with one attached hydrogen (secondary N) is 2. The van der Waals surface area contributed by atoms with E-state index in [2.05, 4.69) is 30.8 Å². The number of amides is 3. The lowest BCUT2D eigenvalue weighted by Gasteiger charge is -2.44. The van der Waals surface area contributed by atoms with Crippen LogP contribution < -0.4 is 10.1 Å². The Morgan fingerprint density at radius 3 is 2.45 bits per heavy atom. The van der Waals surface area contributed by atoms with Gasteiger partial charge in [-0.3, -0.25) is 4.79 Å². The summed E-state index contributed by atoms with van der Waals surface area (Å²) >= 11 is 12.9. The average molecular weight is 762 g/mol. The normalized spacial score (nSPS) is 21.5. The van der Waals surface area contributed by atoms with Gasteiger partial charge in [0.1, 0.15) is 11.8 Å². The molecule has 13 nitrogen and oxygen atoms in total. The summed E-state index contributed by atoms with van der Waals surface area (Å²) in [5.41, 5.74) is 2.07. The summed E-state index contributed by atoms with van der Waals surface area (Å²) in [7, 11) is 1.54. The van der Waals surface area contributed by atoms with Crippen LogP contribution in [0.4, 0.5) is 4.79 Å². The van der Waals surface area contributed by atoms with E-state index in [0.717, 1.165) is 43.6 Å². The van der Waals surface area contributed by atoms with Gasteiger partial charge in [-0.1, -0.05) is 59.6 Å². The smallest absolute Gasteiger partial charge is 0.326 e. The number of tetrazole rings is 1. The minimum Gasteiger partial charge on any atom is -0.496 e. The van der Waals surface area contributed by atoms with Crippen molar-refractivity contribution in [3.63, 3.8) is 0 Å². The number of H-pyrrole nitrogens is 1. The zero-order chi connectivity index (χ0) is 37.2. The first-order valence-corrected chi connectivity index (χ1v) is 18.6. The molecule has 3 saturated heterocycles. The molecule has 15 heteroatoms. The number of halogens is 2. The summed E-state index contributed by atoms with van der Waals surface area (Å²) in [5.74, 6) is -0.287. The molecule has 3 fully saturated rings. The molecule has 0 saturated carbocycles. The molecular formula is C38H42Cl2N8O5. The molecule has 7 rings (SSSR count). The highest BCUT2D eigenvalue weighted by atomic mass is 35.5. The molecule has 0 bridgehead atoms. The Morgan fingerprint density at radius 1 is 0.962 bits per heavy atom. The monoisotopic (exact) mass is 760 g/mol. The Kier molecular flexibility index (Phi) is 10.6. The van der Waals surface area contributed by atoms with E-state index in [1.54, 1.807) is 25.3 Å². The number of carbonyl (C=O) groups is 3. The number of likely N-dealkylation sites (tertiary alicyclic amines) is 3. The van der Waals surface area contributed by atoms with Crippen molar-refractivity contribution >= 4 is 41.1 Å². The molecule has 53 heavy (non-hydrogen) atoms. The molecule has 0 aliphatic carbocycles. The largest absolute Gasteiger partial charge is 0.496 e. The molecule has 3 amide bonds. The molecular weight excluding hydrogens is 719 g/mol. The Hall–Kier alpha value is -4.72. The van der Waals surface area contributed by atoms with Crippen molar-refractivity contribution in [2.75, 3.05) is 46.4 Å². The number of ether oxygens (including phenoxy) is 1. The second-order valence-electron chi connectivity index (χ2n) is 14.2. The number of nitrogens with zero attached hydrogens (tertiary/aromatic N) is 6. The molecule has 2 unspecified atom stereocenters. The topological polar surface area (TPSA) is 157 Å². The SMILES string of the molecule is COc1ccc(-c2nn[nH]n2)cc1C(=O)N1CCC(CCN2CCC(NC(=O)N3CCCC3C(=O)O)(c3ccccc3)CC2)(c2ccc(Cl)c(Cl)c2)C1. The first-order valence-electron chi connectivity index (χ1n) is 17.9. The van der Waals surface area contributed by atoms with E-state index in [4.69, 9.17) is 27.9 Å². The molecule has 3 aliphatic rings. The maximum absolute atomic E-state index is 14.2. The zero-order valence-electron chi connectivity index (χ0n) is 29.4. The van der Waals surface area contributed by atoms with Gasteiger partial charge in [-0.25, -0.2) is 9.59 Å². The van der Waals surface area contributed by atoms with Gasteiger partial charge in [-0.2, -0.15) is 5.21 Å². The van der Waals surface area contributed by atoms with Crippen LogP contribution in [0, 0.1) is 0 Å². The van der Waals surface area contributed by atoms with Crippen LogP contribution in [0.25, 0.3) is 11.4 Å². The summed E-state index contributed by atoms with van der Waals surface area (Å²) < 4.78 is 5.60. The summed E-state index contributed by atoms with van der Waals surface area (Å²) in [6, 6.07) is 19.8. The maximum Gasteiger partial charge on any atom is 0.326 e. The highest BCUT2D eigenvalue weighted by Gasteiger charge is 2.45. The van der Waals surface area contributed by atoms with Gasteiger partial charge < -0.3 is 29.9 Å². The fourth-order valence-electron chi connectivity index (χ4n) is 8.24. The number of carbonyl (C=O) groups excluding carboxylic acids is 2. The number of benzene rings is 3. The average Bonchev–Trinajstić information content (AvgIpc) is 3.98. The van der Waals surface area contributed by atoms with Crippen LogP contribution in [0.15, 0.2) is 66.7 Å². The third-order valence-corrected chi connectivity index (χ3v) is 12.0. The molecule has 0 radical (unpaired) electrons. The van der Waals surface area contributed by atoms with Crippen LogP contribution >= 0.6 is 23.2 Å². The number of aromatic amines is 1. The fraction of sp³-hybridized carbons (Fsp3) is 0.421. The van der Waals surface area contributed by atoms with Crippen molar-refractivity contribution in [1.82, 2.24) is 40.6 Å². The van der Waals surface area contributed by atoms with Crippen molar-refractivity contribution < 1.29 is 24.2 Å². The molecule has 3 aromatic carbocycles. The highest BCUT2D eigenvalue weighted by molar-refractivity contribution is 6.42. The van der Waals surface area contributed by atoms with E-state index < -0.39 is 23.0 Å². The van der Waals surface area contributed by atoms with Crippen molar-refractivity contribution in [2.45, 2.75) is 55.5 Å². The molecule has 278 valence electrons. The van der Waals surface area contributed by atoms with Crippen LogP contribution in [-0.4, -0.2) is 111 Å². The predicted molar refractivity (Wildman–Crippen MR) is 199 cm³/mol. The van der Waals surface area contributed by atoms with Crippen molar-refractivity contribution in [3.05, 3.63) is 93.5 Å². The predicted octanol–water partition coefficient (Wildman–Crippen LogP) is 5.61. The Bertz CT molecular complexity index is 1960. The van der Waals surface area contributed by atoms with Gasteiger partial charge in [-0.15, -0.1) is 10.2 Å². The van der Waals surface area contributed by atoms with Gasteiger partial charge in [0.2, 0.25) is 5.82 Å². The van der Waals surface area contributed by atoms with Gasteiger partial charge in [0.15, 0.2) is 0 Å². The molecule has 2 atom stereocenters. The Morgan fingerprint density at radius 2 is 1.75 bits per heavy atom. The second kappa shape index (κ2) is 15.3. The zero-order valence-corrected chi connectivity index (χ0v) is 30.9. The van der Waals surface area contributed by atoms with Gasteiger partial charge in [0.25, 0.3) is 5.91 Å². The summed E-state index contributed by atoms with van der Waals surface area (Å²) in [5, 5.41) is 28.2. The fourth-order valence-corrected chi connectivity index (χ4v) is 8.54. The van der Waals surface area contributed by atoms with Crippen LogP contribution in [0.5, 0.6) is 5.75 Å². The van der Waals surface area contributed by atoms with Crippen LogP contribution in [0.3, 0.4) is 0 Å². The third-order valence-electron chi connectivity index (χ3n) is 11.3. The Labute approximate surface area is 317 Å². The van der Waals surface area contributed by atoms with E-state index in [1.807, 2.05) is 53.4 Å². The third kappa shape index (κ3) is 7.42. The first-order chi connectivity index (χ1) is 25.6. The number of piperidine rings is 1. The lowest BCUT2D eigenvalue weighted by Crippen LogP contribution is -2.57. The molecule has 0 spiro atoms. The number of carboxylic acids is 1. The number of urea groups is 1. The molecule has 4 aromatic rings. The van der Waals surface area contributed by atoms with Gasteiger partial charge in [0, 0.05) is 43.7 Å². The van der Waals surface area contributed by atoms with Crippen LogP contribution in [-0.2, 0) is 15.7 Å². The highest BCUT2D eigenvalue weighted by Crippen LogP contribution is 2.42. The van der Waals surface area contributed by atoms with E-state index in [1.165, 1.54) is 4.90 Å². The summed E-state index contributed by atoms with van der Waals surface area (Å²) in [6.07, 6.45) is 3.93. The number of rotatable bonds is 10. The lowest BCUT2D eigenvalue weighted by molar-refractivity contribution is -0.141.